The summed E-state index contributed by atoms with van der Waals surface area (Å²) in [7, 11) is -4.85. The molecule has 1 aliphatic rings. The van der Waals surface area contributed by atoms with E-state index in [1.54, 1.807) is 24.3 Å². The average molecular weight is 837 g/mol. The third-order valence-electron chi connectivity index (χ3n) is 8.25. The first-order valence-corrected chi connectivity index (χ1v) is 19.9. The molecular weight excluding hydrogens is 782 g/mol. The number of unbranched alkanes of at least 4 members (excludes halogenated alkanes) is 14. The first-order valence-electron chi connectivity index (χ1n) is 17.3. The topological polar surface area (TPSA) is 189 Å². The summed E-state index contributed by atoms with van der Waals surface area (Å²) in [6.45, 7) is 1.37. The van der Waals surface area contributed by atoms with Gasteiger partial charge in [-0.3, -0.25) is 4.79 Å². The quantitative estimate of drug-likeness (QED) is 0.0428. The van der Waals surface area contributed by atoms with E-state index in [9.17, 15) is 37.9 Å². The molecule has 0 bridgehead atoms. The van der Waals surface area contributed by atoms with Crippen molar-refractivity contribution in [1.82, 2.24) is 0 Å². The molecule has 2 rings (SSSR count). The van der Waals surface area contributed by atoms with E-state index >= 15 is 0 Å². The summed E-state index contributed by atoms with van der Waals surface area (Å²) in [6, 6.07) is 6.63. The van der Waals surface area contributed by atoms with E-state index in [4.69, 9.17) is 18.9 Å². The molecule has 1 heterocycles. The predicted molar refractivity (Wildman–Crippen MR) is 186 cm³/mol. The Morgan fingerprint density at radius 1 is 0.816 bits per heavy atom. The maximum Gasteiger partial charge on any atom is 1.00 e. The Morgan fingerprint density at radius 2 is 1.33 bits per heavy atom. The van der Waals surface area contributed by atoms with Crippen LogP contribution in [0.25, 0.3) is 0 Å². The summed E-state index contributed by atoms with van der Waals surface area (Å²) in [4.78, 5) is 25.3. The van der Waals surface area contributed by atoms with Crippen molar-refractivity contribution in [2.45, 2.75) is 146 Å². The maximum atomic E-state index is 12.7. The fourth-order valence-corrected chi connectivity index (χ4v) is 6.47. The van der Waals surface area contributed by atoms with Gasteiger partial charge in [0.15, 0.2) is 12.4 Å². The molecule has 6 unspecified atom stereocenters. The summed E-state index contributed by atoms with van der Waals surface area (Å²) >= 11 is 2.10. The summed E-state index contributed by atoms with van der Waals surface area (Å²) < 4.78 is 56.2. The van der Waals surface area contributed by atoms with Gasteiger partial charge in [0.05, 0.1) is 28.0 Å². The van der Waals surface area contributed by atoms with Gasteiger partial charge in [0.2, 0.25) is 0 Å². The Kier molecular flexibility index (Phi) is 25.1. The fourth-order valence-electron chi connectivity index (χ4n) is 5.43. The van der Waals surface area contributed by atoms with Crippen LogP contribution < -0.4 is 29.6 Å². The number of rotatable bonds is 25. The van der Waals surface area contributed by atoms with Crippen molar-refractivity contribution in [3.8, 4) is 0 Å². The number of halogens is 1. The van der Waals surface area contributed by atoms with Crippen LogP contribution in [0.1, 0.15) is 120 Å². The largest absolute Gasteiger partial charge is 1.00 e. The third kappa shape index (κ3) is 20.4. The minimum absolute atomic E-state index is 0. The number of benzene rings is 1. The Bertz CT molecular complexity index is 1160. The molecule has 3 N–H and O–H groups in total. The Balaban J connectivity index is 0.0000120. The van der Waals surface area contributed by atoms with E-state index < -0.39 is 77.8 Å². The monoisotopic (exact) mass is 836 g/mol. The van der Waals surface area contributed by atoms with Gasteiger partial charge in [-0.15, -0.1) is 0 Å². The zero-order chi connectivity index (χ0) is 35.4. The van der Waals surface area contributed by atoms with Crippen LogP contribution in [0, 0.1) is 3.57 Å². The maximum absolute atomic E-state index is 12.7. The second kappa shape index (κ2) is 26.4. The van der Waals surface area contributed by atoms with E-state index in [0.717, 1.165) is 22.8 Å². The van der Waals surface area contributed by atoms with Crippen molar-refractivity contribution >= 4 is 44.6 Å². The van der Waals surface area contributed by atoms with Crippen molar-refractivity contribution in [3.63, 3.8) is 0 Å². The first kappa shape index (κ1) is 46.6. The van der Waals surface area contributed by atoms with Gasteiger partial charge in [0.25, 0.3) is 0 Å². The summed E-state index contributed by atoms with van der Waals surface area (Å²) in [5.74, 6) is -2.37. The molecule has 1 saturated heterocycles. The van der Waals surface area contributed by atoms with Gasteiger partial charge in [-0.25, -0.2) is 13.2 Å². The second-order valence-electron chi connectivity index (χ2n) is 12.5. The van der Waals surface area contributed by atoms with Crippen LogP contribution in [0.5, 0.6) is 0 Å². The molecular formula is C34H54INaO12S. The van der Waals surface area contributed by atoms with Crippen LogP contribution in [-0.4, -0.2) is 96.0 Å². The first-order chi connectivity index (χ1) is 22.9. The van der Waals surface area contributed by atoms with Crippen molar-refractivity contribution in [3.05, 3.63) is 33.4 Å². The molecule has 12 nitrogen and oxygen atoms in total. The molecule has 276 valence electrons. The van der Waals surface area contributed by atoms with Crippen LogP contribution in [0.4, 0.5) is 0 Å². The van der Waals surface area contributed by atoms with Crippen molar-refractivity contribution < 1.29 is 86.4 Å². The molecule has 1 aliphatic heterocycles. The number of hydrogen-bond donors (Lipinski definition) is 3. The van der Waals surface area contributed by atoms with Gasteiger partial charge in [0, 0.05) is 9.99 Å². The SMILES string of the molecule is CCCCCCCCCCCCCCCCCC(=O)OC(COC(=O)c1ccc(I)cc1)COC1OC(CS(=O)(=O)[O-])C(O)C(O)C1O.[Na+]. The van der Waals surface area contributed by atoms with Crippen molar-refractivity contribution in [2.24, 2.45) is 0 Å². The predicted octanol–water partition coefficient (Wildman–Crippen LogP) is 1.99. The van der Waals surface area contributed by atoms with E-state index in [0.29, 0.717) is 6.42 Å². The van der Waals surface area contributed by atoms with Gasteiger partial charge in [0.1, 0.15) is 31.0 Å². The zero-order valence-corrected chi connectivity index (χ0v) is 34.0. The van der Waals surface area contributed by atoms with E-state index in [2.05, 4.69) is 29.5 Å². The zero-order valence-electron chi connectivity index (χ0n) is 29.0. The number of esters is 2. The number of hydrogen-bond acceptors (Lipinski definition) is 12. The van der Waals surface area contributed by atoms with Gasteiger partial charge < -0.3 is 38.8 Å². The van der Waals surface area contributed by atoms with E-state index in [1.165, 1.54) is 70.6 Å². The normalized spacial score (nSPS) is 21.5. The molecule has 0 amide bonds. The molecule has 0 aliphatic carbocycles. The Hall–Kier alpha value is -0.400. The van der Waals surface area contributed by atoms with E-state index in [1.807, 2.05) is 0 Å². The van der Waals surface area contributed by atoms with Crippen LogP contribution in [0.15, 0.2) is 24.3 Å². The molecule has 0 aromatic heterocycles. The summed E-state index contributed by atoms with van der Waals surface area (Å²) in [5.41, 5.74) is 0.282. The van der Waals surface area contributed by atoms with Gasteiger partial charge in [-0.1, -0.05) is 96.8 Å². The second-order valence-corrected chi connectivity index (χ2v) is 15.2. The number of carbonyl (C=O) groups is 2. The van der Waals surface area contributed by atoms with Crippen LogP contribution in [0.3, 0.4) is 0 Å². The molecule has 1 fully saturated rings. The molecule has 0 saturated carbocycles. The summed E-state index contributed by atoms with van der Waals surface area (Å²) in [6.07, 6.45) is 8.01. The minimum atomic E-state index is -4.85. The van der Waals surface area contributed by atoms with Crippen LogP contribution in [-0.2, 0) is 33.9 Å². The molecule has 0 spiro atoms. The molecule has 0 radical (unpaired) electrons. The van der Waals surface area contributed by atoms with Gasteiger partial charge in [-0.2, -0.15) is 0 Å². The van der Waals surface area contributed by atoms with Gasteiger partial charge >= 0.3 is 41.5 Å². The smallest absolute Gasteiger partial charge is 0.748 e. The minimum Gasteiger partial charge on any atom is -0.748 e. The number of aliphatic hydroxyl groups excluding tert-OH is 3. The average Bonchev–Trinajstić information content (AvgIpc) is 3.04. The van der Waals surface area contributed by atoms with Gasteiger partial charge in [-0.05, 0) is 53.3 Å². The van der Waals surface area contributed by atoms with E-state index in [-0.39, 0.29) is 41.5 Å². The third-order valence-corrected chi connectivity index (χ3v) is 9.70. The van der Waals surface area contributed by atoms with Crippen LogP contribution >= 0.6 is 22.6 Å². The number of carbonyl (C=O) groups excluding carboxylic acids is 2. The van der Waals surface area contributed by atoms with Crippen molar-refractivity contribution in [1.29, 1.82) is 0 Å². The summed E-state index contributed by atoms with van der Waals surface area (Å²) in [5, 5.41) is 30.6. The standard InChI is InChI=1S/C34H55IO12S.Na/c1-2-3-4-5-6-7-8-9-10-11-12-13-14-15-16-17-29(36)46-27(22-44-33(40)25-18-20-26(35)21-19-25)23-45-34-32(39)31(38)30(37)28(47-34)24-48(41,42)43;/h18-21,27-28,30-32,34,37-39H,2-17,22-24H2,1H3,(H,41,42,43);/q;+1/p-1. The number of aliphatic hydroxyl groups is 3. The fraction of sp³-hybridized carbons (Fsp3) is 0.765. The van der Waals surface area contributed by atoms with Crippen LogP contribution in [0.2, 0.25) is 0 Å². The Labute approximate surface area is 327 Å². The molecule has 15 heteroatoms. The Morgan fingerprint density at radius 3 is 1.84 bits per heavy atom. The number of ether oxygens (including phenoxy) is 4. The molecule has 49 heavy (non-hydrogen) atoms. The molecule has 1 aromatic rings. The van der Waals surface area contributed by atoms with Crippen molar-refractivity contribution in [2.75, 3.05) is 19.0 Å². The molecule has 1 aromatic carbocycles. The molecule has 6 atom stereocenters.